The average molecular weight is 424 g/mol. The molecule has 0 aliphatic carbocycles. The van der Waals surface area contributed by atoms with Crippen molar-refractivity contribution >= 4 is 38.4 Å². The van der Waals surface area contributed by atoms with E-state index in [-0.39, 0.29) is 35.1 Å². The van der Waals surface area contributed by atoms with Gasteiger partial charge in [0.25, 0.3) is 5.56 Å². The number of carbonyl (C=O) groups is 1. The maximum Gasteiger partial charge on any atom is 0.262 e. The van der Waals surface area contributed by atoms with E-state index < -0.39 is 15.1 Å². The number of para-hydroxylation sites is 1. The van der Waals surface area contributed by atoms with Crippen molar-refractivity contribution in [2.45, 2.75) is 56.1 Å². The van der Waals surface area contributed by atoms with Gasteiger partial charge >= 0.3 is 0 Å². The summed E-state index contributed by atoms with van der Waals surface area (Å²) in [4.78, 5) is 30.2. The molecule has 1 N–H and O–H groups in total. The molecular formula is C19H25N3O4S2. The molecule has 0 saturated carbocycles. The van der Waals surface area contributed by atoms with E-state index in [9.17, 15) is 18.0 Å². The number of rotatable bonds is 6. The smallest absolute Gasteiger partial charge is 0.262 e. The zero-order valence-corrected chi connectivity index (χ0v) is 17.8. The highest BCUT2D eigenvalue weighted by Crippen LogP contribution is 2.26. The van der Waals surface area contributed by atoms with Crippen LogP contribution in [0.5, 0.6) is 0 Å². The molecule has 152 valence electrons. The second kappa shape index (κ2) is 8.24. The standard InChI is InChI=1S/C19H25N3O4S2/c1-4-12(2)22-18(24)15-7-5-6-8-16(15)21-19(22)27-13(3)17(23)20-14-9-10-28(25,26)11-14/h5-8,12-14H,4,9-11H2,1-3H3,(H,20,23)/t12-,13-,14-/m1/s1. The van der Waals surface area contributed by atoms with Gasteiger partial charge in [0, 0.05) is 12.1 Å². The van der Waals surface area contributed by atoms with Gasteiger partial charge < -0.3 is 5.32 Å². The van der Waals surface area contributed by atoms with Crippen LogP contribution in [0.3, 0.4) is 0 Å². The Morgan fingerprint density at radius 2 is 2.07 bits per heavy atom. The first kappa shape index (κ1) is 20.9. The van der Waals surface area contributed by atoms with Crippen molar-refractivity contribution < 1.29 is 13.2 Å². The second-order valence-electron chi connectivity index (χ2n) is 7.21. The minimum atomic E-state index is -3.06. The van der Waals surface area contributed by atoms with Crippen molar-refractivity contribution in [1.29, 1.82) is 0 Å². The normalized spacial score (nSPS) is 20.8. The molecule has 1 amide bonds. The Kier molecular flexibility index (Phi) is 6.14. The SMILES string of the molecule is CC[C@@H](C)n1c(S[C@H](C)C(=O)N[C@@H]2CCS(=O)(=O)C2)nc2ccccc2c1=O. The van der Waals surface area contributed by atoms with Gasteiger partial charge in [0.1, 0.15) is 0 Å². The summed E-state index contributed by atoms with van der Waals surface area (Å²) >= 11 is 1.22. The van der Waals surface area contributed by atoms with Gasteiger partial charge in [0.15, 0.2) is 15.0 Å². The zero-order valence-electron chi connectivity index (χ0n) is 16.2. The molecule has 0 unspecified atom stereocenters. The minimum absolute atomic E-state index is 0.0120. The lowest BCUT2D eigenvalue weighted by atomic mass is 10.2. The van der Waals surface area contributed by atoms with Crippen LogP contribution in [0, 0.1) is 0 Å². The number of hydrogen-bond donors (Lipinski definition) is 1. The molecule has 7 nitrogen and oxygen atoms in total. The van der Waals surface area contributed by atoms with Gasteiger partial charge in [0.2, 0.25) is 5.91 Å². The number of hydrogen-bond acceptors (Lipinski definition) is 6. The molecule has 3 atom stereocenters. The van der Waals surface area contributed by atoms with Crippen LogP contribution in [0.25, 0.3) is 10.9 Å². The highest BCUT2D eigenvalue weighted by molar-refractivity contribution is 8.00. The lowest BCUT2D eigenvalue weighted by Crippen LogP contribution is -2.40. The lowest BCUT2D eigenvalue weighted by Gasteiger charge is -2.21. The first-order chi connectivity index (χ1) is 13.2. The van der Waals surface area contributed by atoms with Gasteiger partial charge in [-0.05, 0) is 38.8 Å². The molecule has 1 fully saturated rings. The van der Waals surface area contributed by atoms with Crippen molar-refractivity contribution in [3.05, 3.63) is 34.6 Å². The van der Waals surface area contributed by atoms with E-state index in [0.29, 0.717) is 22.5 Å². The topological polar surface area (TPSA) is 98.1 Å². The van der Waals surface area contributed by atoms with Gasteiger partial charge in [-0.25, -0.2) is 13.4 Å². The van der Waals surface area contributed by atoms with E-state index in [1.54, 1.807) is 23.6 Å². The number of fused-ring (bicyclic) bond motifs is 1. The predicted octanol–water partition coefficient (Wildman–Crippen LogP) is 2.15. The van der Waals surface area contributed by atoms with Crippen molar-refractivity contribution in [2.75, 3.05) is 11.5 Å². The largest absolute Gasteiger partial charge is 0.351 e. The van der Waals surface area contributed by atoms with Crippen molar-refractivity contribution in [2.24, 2.45) is 0 Å². The van der Waals surface area contributed by atoms with Crippen molar-refractivity contribution in [3.8, 4) is 0 Å². The Morgan fingerprint density at radius 1 is 1.36 bits per heavy atom. The van der Waals surface area contributed by atoms with Gasteiger partial charge in [-0.15, -0.1) is 0 Å². The maximum atomic E-state index is 13.0. The third-order valence-electron chi connectivity index (χ3n) is 5.04. The highest BCUT2D eigenvalue weighted by atomic mass is 32.2. The van der Waals surface area contributed by atoms with Gasteiger partial charge in [0.05, 0.1) is 27.7 Å². The van der Waals surface area contributed by atoms with E-state index in [1.165, 1.54) is 11.8 Å². The summed E-state index contributed by atoms with van der Waals surface area (Å²) in [7, 11) is -3.06. The minimum Gasteiger partial charge on any atom is -0.351 e. The summed E-state index contributed by atoms with van der Waals surface area (Å²) in [5, 5.41) is 3.36. The molecule has 2 aromatic rings. The fraction of sp³-hybridized carbons (Fsp3) is 0.526. The Labute approximate surface area is 168 Å². The average Bonchev–Trinajstić information content (AvgIpc) is 2.99. The molecule has 0 radical (unpaired) electrons. The molecule has 28 heavy (non-hydrogen) atoms. The number of nitrogens with zero attached hydrogens (tertiary/aromatic N) is 2. The van der Waals surface area contributed by atoms with Crippen LogP contribution in [-0.2, 0) is 14.6 Å². The van der Waals surface area contributed by atoms with Gasteiger partial charge in [-0.3, -0.25) is 14.2 Å². The number of aromatic nitrogens is 2. The van der Waals surface area contributed by atoms with E-state index in [2.05, 4.69) is 10.3 Å². The van der Waals surface area contributed by atoms with E-state index >= 15 is 0 Å². The maximum absolute atomic E-state index is 13.0. The monoisotopic (exact) mass is 423 g/mol. The second-order valence-corrected chi connectivity index (χ2v) is 10.7. The first-order valence-electron chi connectivity index (χ1n) is 9.40. The van der Waals surface area contributed by atoms with Crippen LogP contribution in [0.1, 0.15) is 39.7 Å². The fourth-order valence-electron chi connectivity index (χ4n) is 3.22. The molecule has 1 aliphatic rings. The van der Waals surface area contributed by atoms with Crippen LogP contribution in [0.2, 0.25) is 0 Å². The van der Waals surface area contributed by atoms with Crippen LogP contribution in [-0.4, -0.2) is 46.7 Å². The van der Waals surface area contributed by atoms with Gasteiger partial charge in [-0.2, -0.15) is 0 Å². The molecule has 1 aromatic carbocycles. The summed E-state index contributed by atoms with van der Waals surface area (Å²) in [6.45, 7) is 5.69. The lowest BCUT2D eigenvalue weighted by molar-refractivity contribution is -0.120. The Hall–Kier alpha value is -1.87. The summed E-state index contributed by atoms with van der Waals surface area (Å²) in [5.74, 6) is -0.147. The molecule has 1 aromatic heterocycles. The van der Waals surface area contributed by atoms with Crippen LogP contribution in [0.4, 0.5) is 0 Å². The predicted molar refractivity (Wildman–Crippen MR) is 112 cm³/mol. The third-order valence-corrected chi connectivity index (χ3v) is 7.87. The highest BCUT2D eigenvalue weighted by Gasteiger charge is 2.30. The van der Waals surface area contributed by atoms with E-state index in [0.717, 1.165) is 6.42 Å². The summed E-state index contributed by atoms with van der Waals surface area (Å²) < 4.78 is 24.8. The molecule has 3 rings (SSSR count). The molecule has 0 bridgehead atoms. The van der Waals surface area contributed by atoms with Crippen LogP contribution < -0.4 is 10.9 Å². The molecule has 0 spiro atoms. The Balaban J connectivity index is 1.86. The molecule has 1 saturated heterocycles. The number of carbonyl (C=O) groups excluding carboxylic acids is 1. The number of nitrogens with one attached hydrogen (secondary N) is 1. The molecule has 1 aliphatic heterocycles. The number of sulfone groups is 1. The quantitative estimate of drug-likeness (QED) is 0.565. The molecular weight excluding hydrogens is 398 g/mol. The van der Waals surface area contributed by atoms with Crippen molar-refractivity contribution in [1.82, 2.24) is 14.9 Å². The third kappa shape index (κ3) is 4.41. The first-order valence-corrected chi connectivity index (χ1v) is 12.1. The summed E-state index contributed by atoms with van der Waals surface area (Å²) in [6.07, 6.45) is 1.20. The van der Waals surface area contributed by atoms with Crippen LogP contribution >= 0.6 is 11.8 Å². The van der Waals surface area contributed by atoms with E-state index in [1.807, 2.05) is 26.0 Å². The number of thioether (sulfide) groups is 1. The molecule has 9 heteroatoms. The summed E-state index contributed by atoms with van der Waals surface area (Å²) in [6, 6.07) is 6.78. The van der Waals surface area contributed by atoms with Gasteiger partial charge in [-0.1, -0.05) is 30.8 Å². The van der Waals surface area contributed by atoms with E-state index in [4.69, 9.17) is 0 Å². The fourth-order valence-corrected chi connectivity index (χ4v) is 5.91. The molecule has 2 heterocycles. The number of amides is 1. The summed E-state index contributed by atoms with van der Waals surface area (Å²) in [5.41, 5.74) is 0.487. The zero-order chi connectivity index (χ0) is 20.5. The van der Waals surface area contributed by atoms with Crippen molar-refractivity contribution in [3.63, 3.8) is 0 Å². The Morgan fingerprint density at radius 3 is 2.71 bits per heavy atom. The Bertz CT molecular complexity index is 1050. The number of benzene rings is 1. The van der Waals surface area contributed by atoms with Crippen LogP contribution in [0.15, 0.2) is 34.2 Å².